The molecule has 3 rings (SSSR count). The standard InChI is InChI=1S/C19H26N2O2/c1-14(22)16-2-4-17(5-3-16)19-7-6-18(23-19)13-21-12-15-8-10-20-11-9-15/h2-7,14-15,20-22H,8-13H2,1H3/t14-/m0/s1. The molecule has 0 spiro atoms. The lowest BCUT2D eigenvalue weighted by Gasteiger charge is -2.22. The maximum absolute atomic E-state index is 9.56. The van der Waals surface area contributed by atoms with Crippen molar-refractivity contribution in [2.75, 3.05) is 19.6 Å². The second-order valence-electron chi connectivity index (χ2n) is 6.39. The van der Waals surface area contributed by atoms with Crippen LogP contribution in [0.3, 0.4) is 0 Å². The third-order valence-corrected chi connectivity index (χ3v) is 4.53. The number of rotatable bonds is 6. The molecule has 124 valence electrons. The van der Waals surface area contributed by atoms with Crippen LogP contribution in [0.25, 0.3) is 11.3 Å². The van der Waals surface area contributed by atoms with Crippen molar-refractivity contribution in [3.63, 3.8) is 0 Å². The number of furan rings is 1. The average molecular weight is 314 g/mol. The maximum Gasteiger partial charge on any atom is 0.134 e. The predicted octanol–water partition coefficient (Wildman–Crippen LogP) is 3.09. The molecule has 1 atom stereocenters. The zero-order valence-electron chi connectivity index (χ0n) is 13.7. The Bertz CT molecular complexity index is 598. The zero-order chi connectivity index (χ0) is 16.1. The van der Waals surface area contributed by atoms with Crippen LogP contribution in [0.15, 0.2) is 40.8 Å². The highest BCUT2D eigenvalue weighted by Gasteiger charge is 2.12. The van der Waals surface area contributed by atoms with Gasteiger partial charge in [-0.25, -0.2) is 0 Å². The predicted molar refractivity (Wildman–Crippen MR) is 92.1 cm³/mol. The molecule has 0 radical (unpaired) electrons. The minimum Gasteiger partial charge on any atom is -0.460 e. The minimum atomic E-state index is -0.435. The van der Waals surface area contributed by atoms with E-state index in [0.29, 0.717) is 0 Å². The van der Waals surface area contributed by atoms with E-state index in [2.05, 4.69) is 10.6 Å². The van der Waals surface area contributed by atoms with Crippen LogP contribution in [0.5, 0.6) is 0 Å². The topological polar surface area (TPSA) is 57.4 Å². The fourth-order valence-corrected chi connectivity index (χ4v) is 3.04. The molecule has 4 heteroatoms. The lowest BCUT2D eigenvalue weighted by molar-refractivity contribution is 0.199. The van der Waals surface area contributed by atoms with E-state index >= 15 is 0 Å². The van der Waals surface area contributed by atoms with Crippen molar-refractivity contribution in [2.24, 2.45) is 5.92 Å². The zero-order valence-corrected chi connectivity index (χ0v) is 13.7. The van der Waals surface area contributed by atoms with Gasteiger partial charge in [0.05, 0.1) is 12.6 Å². The monoisotopic (exact) mass is 314 g/mol. The first-order valence-corrected chi connectivity index (χ1v) is 8.51. The van der Waals surface area contributed by atoms with Gasteiger partial charge in [-0.1, -0.05) is 24.3 Å². The number of nitrogens with one attached hydrogen (secondary N) is 2. The van der Waals surface area contributed by atoms with Crippen molar-refractivity contribution in [1.29, 1.82) is 0 Å². The summed E-state index contributed by atoms with van der Waals surface area (Å²) in [6.45, 7) is 5.88. The first-order chi connectivity index (χ1) is 11.2. The molecule has 23 heavy (non-hydrogen) atoms. The second-order valence-corrected chi connectivity index (χ2v) is 6.39. The number of hydrogen-bond donors (Lipinski definition) is 3. The molecule has 0 bridgehead atoms. The molecule has 1 aliphatic heterocycles. The lowest BCUT2D eigenvalue weighted by Crippen LogP contribution is -2.33. The van der Waals surface area contributed by atoms with Crippen LogP contribution in [0.1, 0.15) is 37.2 Å². The summed E-state index contributed by atoms with van der Waals surface area (Å²) >= 11 is 0. The maximum atomic E-state index is 9.56. The van der Waals surface area contributed by atoms with Crippen molar-refractivity contribution < 1.29 is 9.52 Å². The van der Waals surface area contributed by atoms with E-state index in [1.807, 2.05) is 36.4 Å². The van der Waals surface area contributed by atoms with E-state index in [1.165, 1.54) is 12.8 Å². The molecule has 1 saturated heterocycles. The first kappa shape index (κ1) is 16.2. The van der Waals surface area contributed by atoms with Crippen LogP contribution in [0.2, 0.25) is 0 Å². The number of hydrogen-bond acceptors (Lipinski definition) is 4. The molecule has 4 nitrogen and oxygen atoms in total. The Morgan fingerprint density at radius 1 is 1.17 bits per heavy atom. The van der Waals surface area contributed by atoms with E-state index in [-0.39, 0.29) is 0 Å². The van der Waals surface area contributed by atoms with Crippen LogP contribution in [0.4, 0.5) is 0 Å². The van der Waals surface area contributed by atoms with Gasteiger partial charge in [0, 0.05) is 5.56 Å². The van der Waals surface area contributed by atoms with Crippen LogP contribution in [0, 0.1) is 5.92 Å². The third kappa shape index (κ3) is 4.44. The van der Waals surface area contributed by atoms with Crippen molar-refractivity contribution in [2.45, 2.75) is 32.4 Å². The van der Waals surface area contributed by atoms with Gasteiger partial charge in [-0.15, -0.1) is 0 Å². The quantitative estimate of drug-likeness (QED) is 0.767. The molecule has 0 unspecified atom stereocenters. The lowest BCUT2D eigenvalue weighted by atomic mass is 9.98. The van der Waals surface area contributed by atoms with Crippen molar-refractivity contribution in [1.82, 2.24) is 10.6 Å². The van der Waals surface area contributed by atoms with Gasteiger partial charge < -0.3 is 20.2 Å². The minimum absolute atomic E-state index is 0.435. The van der Waals surface area contributed by atoms with Gasteiger partial charge in [0.1, 0.15) is 11.5 Å². The summed E-state index contributed by atoms with van der Waals surface area (Å²) in [6, 6.07) is 11.9. The fraction of sp³-hybridized carbons (Fsp3) is 0.474. The van der Waals surface area contributed by atoms with E-state index in [0.717, 1.165) is 54.7 Å². The van der Waals surface area contributed by atoms with Gasteiger partial charge in [0.25, 0.3) is 0 Å². The Labute approximate surface area is 137 Å². The molecule has 3 N–H and O–H groups in total. The van der Waals surface area contributed by atoms with E-state index in [4.69, 9.17) is 4.42 Å². The molecule has 1 aromatic carbocycles. The molecule has 2 heterocycles. The molecule has 1 aromatic heterocycles. The van der Waals surface area contributed by atoms with Crippen LogP contribution >= 0.6 is 0 Å². The first-order valence-electron chi connectivity index (χ1n) is 8.51. The van der Waals surface area contributed by atoms with Gasteiger partial charge in [-0.2, -0.15) is 0 Å². The molecule has 1 aliphatic rings. The summed E-state index contributed by atoms with van der Waals surface area (Å²) in [5.41, 5.74) is 1.96. The summed E-state index contributed by atoms with van der Waals surface area (Å²) < 4.78 is 5.92. The summed E-state index contributed by atoms with van der Waals surface area (Å²) in [7, 11) is 0. The molecular weight excluding hydrogens is 288 g/mol. The Hall–Kier alpha value is -1.62. The molecule has 0 aliphatic carbocycles. The Morgan fingerprint density at radius 3 is 2.61 bits per heavy atom. The van der Waals surface area contributed by atoms with Gasteiger partial charge in [-0.05, 0) is 63.0 Å². The van der Waals surface area contributed by atoms with E-state index < -0.39 is 6.10 Å². The van der Waals surface area contributed by atoms with Crippen molar-refractivity contribution >= 4 is 0 Å². The van der Waals surface area contributed by atoms with E-state index in [9.17, 15) is 5.11 Å². The number of piperidine rings is 1. The Balaban J connectivity index is 1.53. The third-order valence-electron chi connectivity index (χ3n) is 4.53. The van der Waals surface area contributed by atoms with Gasteiger partial charge in [0.15, 0.2) is 0 Å². The number of benzene rings is 1. The average Bonchev–Trinajstić information content (AvgIpc) is 3.05. The molecule has 2 aromatic rings. The highest BCUT2D eigenvalue weighted by Crippen LogP contribution is 2.24. The molecule has 0 saturated carbocycles. The van der Waals surface area contributed by atoms with Crippen molar-refractivity contribution in [3.8, 4) is 11.3 Å². The largest absolute Gasteiger partial charge is 0.460 e. The summed E-state index contributed by atoms with van der Waals surface area (Å²) in [4.78, 5) is 0. The fourth-order valence-electron chi connectivity index (χ4n) is 3.04. The summed E-state index contributed by atoms with van der Waals surface area (Å²) in [5.74, 6) is 2.62. The SMILES string of the molecule is C[C@H](O)c1ccc(-c2ccc(CNCC3CCNCC3)o2)cc1. The van der Waals surface area contributed by atoms with E-state index in [1.54, 1.807) is 6.92 Å². The van der Waals surface area contributed by atoms with Crippen LogP contribution in [-0.4, -0.2) is 24.7 Å². The number of aliphatic hydroxyl groups excluding tert-OH is 1. The Kier molecular flexibility index (Phi) is 5.49. The van der Waals surface area contributed by atoms with Gasteiger partial charge in [-0.3, -0.25) is 0 Å². The van der Waals surface area contributed by atoms with Crippen LogP contribution < -0.4 is 10.6 Å². The number of aliphatic hydroxyl groups is 1. The molecule has 1 fully saturated rings. The smallest absolute Gasteiger partial charge is 0.134 e. The van der Waals surface area contributed by atoms with Gasteiger partial charge in [0.2, 0.25) is 0 Å². The summed E-state index contributed by atoms with van der Waals surface area (Å²) in [5, 5.41) is 16.5. The molecular formula is C19H26N2O2. The van der Waals surface area contributed by atoms with Gasteiger partial charge >= 0.3 is 0 Å². The molecule has 0 amide bonds. The normalized spacial score (nSPS) is 17.3. The second kappa shape index (κ2) is 7.77. The summed E-state index contributed by atoms with van der Waals surface area (Å²) in [6.07, 6.45) is 2.08. The van der Waals surface area contributed by atoms with Crippen molar-refractivity contribution in [3.05, 3.63) is 47.7 Å². The highest BCUT2D eigenvalue weighted by molar-refractivity contribution is 5.58. The van der Waals surface area contributed by atoms with Crippen LogP contribution in [-0.2, 0) is 6.54 Å². The highest BCUT2D eigenvalue weighted by atomic mass is 16.3. The Morgan fingerprint density at radius 2 is 1.91 bits per heavy atom.